The van der Waals surface area contributed by atoms with Crippen molar-refractivity contribution in [1.29, 1.82) is 0 Å². The lowest BCUT2D eigenvalue weighted by atomic mass is 10.3. The molecule has 0 spiro atoms. The van der Waals surface area contributed by atoms with Crippen LogP contribution in [-0.4, -0.2) is 25.0 Å². The molecule has 0 atom stereocenters. The maximum absolute atomic E-state index is 10.8. The van der Waals surface area contributed by atoms with Gasteiger partial charge in [0.1, 0.15) is 17.2 Å². The third-order valence-corrected chi connectivity index (χ3v) is 3.04. The van der Waals surface area contributed by atoms with Crippen LogP contribution in [0.3, 0.4) is 0 Å². The minimum atomic E-state index is -0.469. The molecule has 0 saturated heterocycles. The predicted octanol–water partition coefficient (Wildman–Crippen LogP) is 2.36. The summed E-state index contributed by atoms with van der Waals surface area (Å²) in [5.74, 6) is 1.25. The van der Waals surface area contributed by atoms with Gasteiger partial charge in [-0.2, -0.15) is 4.98 Å². The summed E-state index contributed by atoms with van der Waals surface area (Å²) >= 11 is 0. The fraction of sp³-hybridized carbons (Fsp3) is 0.143. The first kappa shape index (κ1) is 14.6. The van der Waals surface area contributed by atoms with E-state index in [9.17, 15) is 10.1 Å². The third kappa shape index (κ3) is 3.28. The van der Waals surface area contributed by atoms with Crippen molar-refractivity contribution in [3.63, 3.8) is 0 Å². The molecule has 3 rings (SSSR count). The summed E-state index contributed by atoms with van der Waals surface area (Å²) in [4.78, 5) is 22.8. The number of aromatic nitrogens is 4. The second kappa shape index (κ2) is 6.18. The maximum Gasteiger partial charge on any atom is 0.290 e. The van der Waals surface area contributed by atoms with Crippen molar-refractivity contribution in [2.75, 3.05) is 5.32 Å². The van der Waals surface area contributed by atoms with E-state index in [1.165, 1.54) is 12.1 Å². The van der Waals surface area contributed by atoms with E-state index in [4.69, 9.17) is 4.52 Å². The second-order valence-corrected chi connectivity index (χ2v) is 4.64. The Kier molecular flexibility index (Phi) is 3.91. The summed E-state index contributed by atoms with van der Waals surface area (Å²) in [6.45, 7) is 1.83. The van der Waals surface area contributed by atoms with Gasteiger partial charge in [-0.3, -0.25) is 15.1 Å². The van der Waals surface area contributed by atoms with Crippen molar-refractivity contribution in [3.8, 4) is 11.5 Å². The van der Waals surface area contributed by atoms with Crippen LogP contribution in [0, 0.1) is 17.0 Å². The lowest BCUT2D eigenvalue weighted by molar-refractivity contribution is -0.385. The number of nitrogens with one attached hydrogen (secondary N) is 1. The van der Waals surface area contributed by atoms with Crippen LogP contribution < -0.4 is 5.32 Å². The van der Waals surface area contributed by atoms with Gasteiger partial charge in [-0.15, -0.1) is 0 Å². The molecule has 3 aromatic rings. The summed E-state index contributed by atoms with van der Waals surface area (Å²) in [6, 6.07) is 8.34. The van der Waals surface area contributed by atoms with E-state index in [1.54, 1.807) is 25.3 Å². The summed E-state index contributed by atoms with van der Waals surface area (Å²) in [5.41, 5.74) is 0.928. The largest absolute Gasteiger partial charge is 0.361 e. The Bertz CT molecular complexity index is 834. The summed E-state index contributed by atoms with van der Waals surface area (Å²) in [6.07, 6.45) is 1.65. The first-order chi connectivity index (χ1) is 11.1. The molecular weight excluding hydrogens is 300 g/mol. The van der Waals surface area contributed by atoms with Gasteiger partial charge in [0.2, 0.25) is 11.7 Å². The average Bonchev–Trinajstić information content (AvgIpc) is 3.02. The standard InChI is InChI=1S/C14H12N6O3/c1-9-11(20(21)22)5-6-12(17-9)16-8-13-18-14(19-23-13)10-4-2-3-7-15-10/h2-7H,8H2,1H3,(H,16,17). The molecule has 0 aliphatic rings. The predicted molar refractivity (Wildman–Crippen MR) is 80.5 cm³/mol. The van der Waals surface area contributed by atoms with Crippen LogP contribution in [0.2, 0.25) is 0 Å². The van der Waals surface area contributed by atoms with Gasteiger partial charge in [-0.05, 0) is 25.1 Å². The van der Waals surface area contributed by atoms with E-state index in [0.29, 0.717) is 28.9 Å². The molecule has 9 heteroatoms. The molecule has 0 fully saturated rings. The van der Waals surface area contributed by atoms with E-state index in [0.717, 1.165) is 0 Å². The van der Waals surface area contributed by atoms with Crippen LogP contribution in [0.15, 0.2) is 41.1 Å². The maximum atomic E-state index is 10.8. The zero-order valence-corrected chi connectivity index (χ0v) is 12.1. The van der Waals surface area contributed by atoms with Crippen molar-refractivity contribution < 1.29 is 9.45 Å². The van der Waals surface area contributed by atoms with E-state index in [1.807, 2.05) is 6.07 Å². The van der Waals surface area contributed by atoms with Gasteiger partial charge < -0.3 is 9.84 Å². The van der Waals surface area contributed by atoms with Gasteiger partial charge in [0, 0.05) is 12.3 Å². The van der Waals surface area contributed by atoms with Crippen LogP contribution >= 0.6 is 0 Å². The van der Waals surface area contributed by atoms with Crippen molar-refractivity contribution >= 4 is 11.5 Å². The first-order valence-electron chi connectivity index (χ1n) is 6.73. The number of aryl methyl sites for hydroxylation is 1. The Morgan fingerprint density at radius 2 is 2.13 bits per heavy atom. The Balaban J connectivity index is 1.68. The quantitative estimate of drug-likeness (QED) is 0.563. The molecular formula is C14H12N6O3. The highest BCUT2D eigenvalue weighted by Crippen LogP contribution is 2.18. The number of hydrogen-bond acceptors (Lipinski definition) is 8. The lowest BCUT2D eigenvalue weighted by Crippen LogP contribution is -2.03. The molecule has 0 amide bonds. The molecule has 0 saturated carbocycles. The molecule has 0 unspecified atom stereocenters. The van der Waals surface area contributed by atoms with Gasteiger partial charge in [0.25, 0.3) is 5.69 Å². The van der Waals surface area contributed by atoms with Crippen molar-refractivity contribution in [2.45, 2.75) is 13.5 Å². The fourth-order valence-corrected chi connectivity index (χ4v) is 1.94. The summed E-state index contributed by atoms with van der Waals surface area (Å²) in [7, 11) is 0. The van der Waals surface area contributed by atoms with Crippen LogP contribution in [0.1, 0.15) is 11.6 Å². The Labute approximate surface area is 130 Å². The van der Waals surface area contributed by atoms with Crippen LogP contribution in [-0.2, 0) is 6.54 Å². The van der Waals surface area contributed by atoms with Crippen molar-refractivity contribution in [3.05, 3.63) is 58.2 Å². The topological polar surface area (TPSA) is 120 Å². The molecule has 3 aromatic heterocycles. The van der Waals surface area contributed by atoms with Crippen LogP contribution in [0.5, 0.6) is 0 Å². The number of nitro groups is 1. The minimum absolute atomic E-state index is 0.0224. The molecule has 0 radical (unpaired) electrons. The molecule has 23 heavy (non-hydrogen) atoms. The molecule has 0 aliphatic carbocycles. The highest BCUT2D eigenvalue weighted by molar-refractivity contribution is 5.47. The Morgan fingerprint density at radius 1 is 1.26 bits per heavy atom. The minimum Gasteiger partial charge on any atom is -0.361 e. The molecule has 0 bridgehead atoms. The number of rotatable bonds is 5. The third-order valence-electron chi connectivity index (χ3n) is 3.04. The second-order valence-electron chi connectivity index (χ2n) is 4.64. The van der Waals surface area contributed by atoms with Crippen molar-refractivity contribution in [2.24, 2.45) is 0 Å². The van der Waals surface area contributed by atoms with Crippen molar-refractivity contribution in [1.82, 2.24) is 20.1 Å². The molecule has 0 aromatic carbocycles. The monoisotopic (exact) mass is 312 g/mol. The highest BCUT2D eigenvalue weighted by atomic mass is 16.6. The molecule has 3 heterocycles. The number of pyridine rings is 2. The van der Waals surface area contributed by atoms with Gasteiger partial charge in [-0.1, -0.05) is 11.2 Å². The van der Waals surface area contributed by atoms with E-state index in [-0.39, 0.29) is 12.2 Å². The SMILES string of the molecule is Cc1nc(NCc2nc(-c3ccccn3)no2)ccc1[N+](=O)[O-]. The fourth-order valence-electron chi connectivity index (χ4n) is 1.94. The molecule has 116 valence electrons. The Morgan fingerprint density at radius 3 is 2.83 bits per heavy atom. The number of anilines is 1. The average molecular weight is 312 g/mol. The normalized spacial score (nSPS) is 10.5. The molecule has 0 aliphatic heterocycles. The van der Waals surface area contributed by atoms with Gasteiger partial charge in [0.15, 0.2) is 0 Å². The number of hydrogen-bond donors (Lipinski definition) is 1. The van der Waals surface area contributed by atoms with Crippen LogP contribution in [0.25, 0.3) is 11.5 Å². The molecule has 1 N–H and O–H groups in total. The van der Waals surface area contributed by atoms with Gasteiger partial charge in [-0.25, -0.2) is 4.98 Å². The lowest BCUT2D eigenvalue weighted by Gasteiger charge is -2.03. The van der Waals surface area contributed by atoms with E-state index < -0.39 is 4.92 Å². The number of nitrogens with zero attached hydrogens (tertiary/aromatic N) is 5. The van der Waals surface area contributed by atoms with Crippen LogP contribution in [0.4, 0.5) is 11.5 Å². The summed E-state index contributed by atoms with van der Waals surface area (Å²) in [5, 5.41) is 17.6. The zero-order valence-electron chi connectivity index (χ0n) is 12.1. The first-order valence-corrected chi connectivity index (χ1v) is 6.73. The Hall–Kier alpha value is -3.36. The van der Waals surface area contributed by atoms with E-state index in [2.05, 4.69) is 25.4 Å². The van der Waals surface area contributed by atoms with Gasteiger partial charge >= 0.3 is 0 Å². The molecule has 9 nitrogen and oxygen atoms in total. The van der Waals surface area contributed by atoms with Gasteiger partial charge in [0.05, 0.1) is 11.5 Å². The smallest absolute Gasteiger partial charge is 0.290 e. The van der Waals surface area contributed by atoms with E-state index >= 15 is 0 Å². The summed E-state index contributed by atoms with van der Waals surface area (Å²) < 4.78 is 5.13. The zero-order chi connectivity index (χ0) is 16.2. The highest BCUT2D eigenvalue weighted by Gasteiger charge is 2.13.